The molecule has 6 nitrogen and oxygen atoms in total. The van der Waals surface area contributed by atoms with E-state index in [2.05, 4.69) is 59.1 Å². The molecule has 0 aliphatic rings. The van der Waals surface area contributed by atoms with Gasteiger partial charge in [-0.15, -0.1) is 11.3 Å². The van der Waals surface area contributed by atoms with E-state index in [1.807, 2.05) is 29.6 Å². The number of halogens is 1. The molecule has 0 unspecified atom stereocenters. The van der Waals surface area contributed by atoms with Gasteiger partial charge in [0.1, 0.15) is 5.75 Å². The highest BCUT2D eigenvalue weighted by atomic mass is 79.9. The Morgan fingerprint density at radius 3 is 2.45 bits per heavy atom. The highest BCUT2D eigenvalue weighted by Crippen LogP contribution is 2.34. The third-order valence-electron chi connectivity index (χ3n) is 5.03. The van der Waals surface area contributed by atoms with E-state index in [-0.39, 0.29) is 11.3 Å². The number of methoxy groups -OCH3 is 2. The van der Waals surface area contributed by atoms with Crippen molar-refractivity contribution in [3.05, 3.63) is 51.8 Å². The highest BCUT2D eigenvalue weighted by molar-refractivity contribution is 9.10. The monoisotopic (exact) mass is 532 g/mol. The molecule has 0 aliphatic carbocycles. The Kier molecular flexibility index (Phi) is 8.37. The van der Waals surface area contributed by atoms with E-state index in [9.17, 15) is 4.79 Å². The van der Waals surface area contributed by atoms with Crippen LogP contribution in [0.2, 0.25) is 0 Å². The minimum absolute atomic E-state index is 0.0777. The zero-order valence-electron chi connectivity index (χ0n) is 19.5. The van der Waals surface area contributed by atoms with E-state index >= 15 is 0 Å². The zero-order chi connectivity index (χ0) is 24.0. The number of aromatic nitrogens is 1. The Morgan fingerprint density at radius 2 is 1.79 bits per heavy atom. The first-order valence-electron chi connectivity index (χ1n) is 10.6. The second-order valence-electron chi connectivity index (χ2n) is 8.50. The molecule has 0 radical (unpaired) electrons. The molecule has 0 fully saturated rings. The molecule has 1 aromatic heterocycles. The van der Waals surface area contributed by atoms with Gasteiger partial charge >= 0.3 is 0 Å². The third kappa shape index (κ3) is 6.71. The first-order chi connectivity index (χ1) is 15.7. The van der Waals surface area contributed by atoms with Crippen LogP contribution in [0.5, 0.6) is 17.2 Å². The Labute approximate surface area is 207 Å². The van der Waals surface area contributed by atoms with Crippen molar-refractivity contribution in [1.29, 1.82) is 0 Å². The van der Waals surface area contributed by atoms with Crippen LogP contribution in [0.3, 0.4) is 0 Å². The number of hydrogen-bond donors (Lipinski definition) is 1. The van der Waals surface area contributed by atoms with Crippen LogP contribution in [0.1, 0.15) is 39.2 Å². The molecule has 0 bridgehead atoms. The average Bonchev–Trinajstić information content (AvgIpc) is 3.24. The number of hydrogen-bond acceptors (Lipinski definition) is 6. The molecule has 33 heavy (non-hydrogen) atoms. The average molecular weight is 533 g/mol. The summed E-state index contributed by atoms with van der Waals surface area (Å²) in [5, 5.41) is 5.33. The number of amides is 1. The van der Waals surface area contributed by atoms with Gasteiger partial charge in [-0.2, -0.15) is 0 Å². The van der Waals surface area contributed by atoms with Gasteiger partial charge in [0.05, 0.1) is 31.0 Å². The summed E-state index contributed by atoms with van der Waals surface area (Å²) in [6.45, 7) is 6.98. The lowest BCUT2D eigenvalue weighted by Crippen LogP contribution is -2.13. The molecule has 3 rings (SSSR count). The van der Waals surface area contributed by atoms with E-state index in [4.69, 9.17) is 14.2 Å². The van der Waals surface area contributed by atoms with Gasteiger partial charge in [-0.1, -0.05) is 26.8 Å². The summed E-state index contributed by atoms with van der Waals surface area (Å²) >= 11 is 4.96. The summed E-state index contributed by atoms with van der Waals surface area (Å²) in [6, 6.07) is 11.7. The smallest absolute Gasteiger partial charge is 0.226 e. The predicted molar refractivity (Wildman–Crippen MR) is 137 cm³/mol. The molecule has 0 saturated heterocycles. The van der Waals surface area contributed by atoms with Crippen LogP contribution in [0.4, 0.5) is 5.13 Å². The number of nitrogens with one attached hydrogen (secondary N) is 1. The summed E-state index contributed by atoms with van der Waals surface area (Å²) < 4.78 is 17.4. The number of ether oxygens (including phenoxy) is 3. The first kappa shape index (κ1) is 25.1. The number of carbonyl (C=O) groups is 1. The van der Waals surface area contributed by atoms with Crippen molar-refractivity contribution in [2.75, 3.05) is 26.1 Å². The number of thiazole rings is 1. The van der Waals surface area contributed by atoms with Crippen molar-refractivity contribution in [2.45, 2.75) is 39.0 Å². The minimum atomic E-state index is -0.0889. The van der Waals surface area contributed by atoms with Crippen molar-refractivity contribution < 1.29 is 19.0 Å². The fourth-order valence-corrected chi connectivity index (χ4v) is 4.37. The largest absolute Gasteiger partial charge is 0.493 e. The van der Waals surface area contributed by atoms with E-state index in [1.165, 1.54) is 16.9 Å². The maximum atomic E-state index is 12.3. The first-order valence-corrected chi connectivity index (χ1v) is 12.3. The van der Waals surface area contributed by atoms with Gasteiger partial charge in [0.25, 0.3) is 0 Å². The normalized spacial score (nSPS) is 11.2. The van der Waals surface area contributed by atoms with Crippen LogP contribution in [-0.4, -0.2) is 31.7 Å². The third-order valence-corrected chi connectivity index (χ3v) is 6.41. The van der Waals surface area contributed by atoms with E-state index in [1.54, 1.807) is 14.2 Å². The van der Waals surface area contributed by atoms with Gasteiger partial charge < -0.3 is 19.5 Å². The molecule has 0 aliphatic heterocycles. The van der Waals surface area contributed by atoms with Crippen LogP contribution in [0.25, 0.3) is 11.3 Å². The molecular weight excluding hydrogens is 504 g/mol. The van der Waals surface area contributed by atoms with E-state index < -0.39 is 0 Å². The van der Waals surface area contributed by atoms with Gasteiger partial charge in [-0.25, -0.2) is 4.98 Å². The molecule has 0 saturated carbocycles. The van der Waals surface area contributed by atoms with Crippen LogP contribution >= 0.6 is 27.3 Å². The Bertz CT molecular complexity index is 1110. The SMILES string of the molecule is COc1ccc(-c2csc(NC(=O)CCCOc3ccc(C(C)(C)C)cc3Br)n2)cc1OC. The predicted octanol–water partition coefficient (Wildman–Crippen LogP) is 6.69. The number of benzene rings is 2. The second kappa shape index (κ2) is 11.0. The van der Waals surface area contributed by atoms with Crippen LogP contribution in [-0.2, 0) is 10.2 Å². The van der Waals surface area contributed by atoms with Gasteiger partial charge in [-0.3, -0.25) is 4.79 Å². The number of anilines is 1. The van der Waals surface area contributed by atoms with Crippen molar-refractivity contribution in [2.24, 2.45) is 0 Å². The second-order valence-corrected chi connectivity index (χ2v) is 10.2. The molecule has 1 N–H and O–H groups in total. The van der Waals surface area contributed by atoms with Crippen molar-refractivity contribution in [3.63, 3.8) is 0 Å². The van der Waals surface area contributed by atoms with Crippen molar-refractivity contribution in [1.82, 2.24) is 4.98 Å². The molecule has 0 atom stereocenters. The number of rotatable bonds is 9. The Morgan fingerprint density at radius 1 is 1.06 bits per heavy atom. The van der Waals surface area contributed by atoms with Gasteiger partial charge in [-0.05, 0) is 63.7 Å². The number of carbonyl (C=O) groups excluding carboxylic acids is 1. The van der Waals surface area contributed by atoms with Gasteiger partial charge in [0.2, 0.25) is 5.91 Å². The Hall–Kier alpha value is -2.58. The topological polar surface area (TPSA) is 69.7 Å². The van der Waals surface area contributed by atoms with E-state index in [0.29, 0.717) is 36.1 Å². The molecule has 0 spiro atoms. The molecule has 176 valence electrons. The summed E-state index contributed by atoms with van der Waals surface area (Å²) in [6.07, 6.45) is 0.955. The van der Waals surface area contributed by atoms with Gasteiger partial charge in [0, 0.05) is 17.4 Å². The molecular formula is C25H29BrN2O4S. The summed E-state index contributed by atoms with van der Waals surface area (Å²) in [5.41, 5.74) is 2.97. The van der Waals surface area contributed by atoms with Crippen molar-refractivity contribution in [3.8, 4) is 28.5 Å². The lowest BCUT2D eigenvalue weighted by molar-refractivity contribution is -0.116. The fourth-order valence-electron chi connectivity index (χ4n) is 3.14. The van der Waals surface area contributed by atoms with Crippen molar-refractivity contribution >= 4 is 38.3 Å². The number of nitrogens with zero attached hydrogens (tertiary/aromatic N) is 1. The fraction of sp³-hybridized carbons (Fsp3) is 0.360. The summed E-state index contributed by atoms with van der Waals surface area (Å²) in [5.74, 6) is 1.98. The Balaban J connectivity index is 1.49. The van der Waals surface area contributed by atoms with Crippen LogP contribution < -0.4 is 19.5 Å². The highest BCUT2D eigenvalue weighted by Gasteiger charge is 2.15. The lowest BCUT2D eigenvalue weighted by Gasteiger charge is -2.20. The summed E-state index contributed by atoms with van der Waals surface area (Å²) in [7, 11) is 3.19. The van der Waals surface area contributed by atoms with Crippen LogP contribution in [0.15, 0.2) is 46.3 Å². The maximum Gasteiger partial charge on any atom is 0.226 e. The van der Waals surface area contributed by atoms with E-state index in [0.717, 1.165) is 21.5 Å². The zero-order valence-corrected chi connectivity index (χ0v) is 21.9. The molecule has 3 aromatic rings. The minimum Gasteiger partial charge on any atom is -0.493 e. The quantitative estimate of drug-likeness (QED) is 0.311. The molecule has 8 heteroatoms. The standard InChI is InChI=1S/C25H29BrN2O4S/c1-25(2,3)17-9-11-20(18(26)14-17)32-12-6-7-23(29)28-24-27-19(15-33-24)16-8-10-21(30-4)22(13-16)31-5/h8-11,13-15H,6-7,12H2,1-5H3,(H,27,28,29). The lowest BCUT2D eigenvalue weighted by atomic mass is 9.87. The maximum absolute atomic E-state index is 12.3. The van der Waals surface area contributed by atoms with Gasteiger partial charge in [0.15, 0.2) is 16.6 Å². The van der Waals surface area contributed by atoms with Crippen LogP contribution in [0, 0.1) is 0 Å². The summed E-state index contributed by atoms with van der Waals surface area (Å²) in [4.78, 5) is 16.8. The molecule has 1 heterocycles. The molecule has 2 aromatic carbocycles. The molecule has 1 amide bonds.